The monoisotopic (exact) mass is 326 g/mol. The molecule has 122 valence electrons. The van der Waals surface area contributed by atoms with Gasteiger partial charge in [0.1, 0.15) is 13.2 Å². The standard InChI is InChI=1S/C15H22N2O4S/c1-22(18,19)16-13-4-6-17(7-5-13)11-12-2-3-14-15(10-12)21-9-8-20-14/h2-3,10,13,16H,4-9,11H2,1H3. The van der Waals surface area contributed by atoms with Crippen molar-refractivity contribution in [3.63, 3.8) is 0 Å². The van der Waals surface area contributed by atoms with Gasteiger partial charge in [-0.15, -0.1) is 0 Å². The van der Waals surface area contributed by atoms with Crippen molar-refractivity contribution in [2.45, 2.75) is 25.4 Å². The van der Waals surface area contributed by atoms with Gasteiger partial charge in [-0.1, -0.05) is 6.07 Å². The minimum Gasteiger partial charge on any atom is -0.486 e. The molecule has 0 bridgehead atoms. The third kappa shape index (κ3) is 4.12. The van der Waals surface area contributed by atoms with Crippen LogP contribution in [0.15, 0.2) is 18.2 Å². The predicted octanol–water partition coefficient (Wildman–Crippen LogP) is 0.971. The Kier molecular flexibility index (Phi) is 4.56. The highest BCUT2D eigenvalue weighted by atomic mass is 32.2. The number of fused-ring (bicyclic) bond motifs is 1. The molecule has 3 rings (SSSR count). The van der Waals surface area contributed by atoms with E-state index in [2.05, 4.69) is 15.7 Å². The number of ether oxygens (including phenoxy) is 2. The smallest absolute Gasteiger partial charge is 0.208 e. The lowest BCUT2D eigenvalue weighted by atomic mass is 10.1. The first-order valence-electron chi connectivity index (χ1n) is 7.58. The second-order valence-corrected chi connectivity index (χ2v) is 7.70. The fourth-order valence-corrected chi connectivity index (χ4v) is 3.80. The third-order valence-electron chi connectivity index (χ3n) is 3.98. The van der Waals surface area contributed by atoms with Gasteiger partial charge < -0.3 is 9.47 Å². The molecule has 0 aliphatic carbocycles. The minimum atomic E-state index is -3.11. The third-order valence-corrected chi connectivity index (χ3v) is 4.74. The zero-order valence-corrected chi connectivity index (χ0v) is 13.6. The highest BCUT2D eigenvalue weighted by molar-refractivity contribution is 7.88. The molecule has 0 atom stereocenters. The molecule has 0 amide bonds. The Labute approximate surface area is 131 Å². The predicted molar refractivity (Wildman–Crippen MR) is 83.7 cm³/mol. The van der Waals surface area contributed by atoms with E-state index < -0.39 is 10.0 Å². The van der Waals surface area contributed by atoms with E-state index in [1.807, 2.05) is 12.1 Å². The van der Waals surface area contributed by atoms with E-state index in [0.717, 1.165) is 44.0 Å². The molecule has 6 nitrogen and oxygen atoms in total. The van der Waals surface area contributed by atoms with Crippen molar-refractivity contribution in [1.82, 2.24) is 9.62 Å². The Morgan fingerprint density at radius 2 is 1.86 bits per heavy atom. The van der Waals surface area contributed by atoms with Crippen LogP contribution < -0.4 is 14.2 Å². The maximum Gasteiger partial charge on any atom is 0.208 e. The normalized spacial score (nSPS) is 20.0. The van der Waals surface area contributed by atoms with Crippen LogP contribution in [0.2, 0.25) is 0 Å². The van der Waals surface area contributed by atoms with E-state index in [0.29, 0.717) is 13.2 Å². The zero-order valence-electron chi connectivity index (χ0n) is 12.7. The first-order valence-corrected chi connectivity index (χ1v) is 9.47. The number of hydrogen-bond donors (Lipinski definition) is 1. The van der Waals surface area contributed by atoms with Crippen LogP contribution in [0.5, 0.6) is 11.5 Å². The molecule has 0 saturated carbocycles. The molecule has 1 N–H and O–H groups in total. The van der Waals surface area contributed by atoms with E-state index in [9.17, 15) is 8.42 Å². The van der Waals surface area contributed by atoms with Crippen LogP contribution in [-0.2, 0) is 16.6 Å². The summed E-state index contributed by atoms with van der Waals surface area (Å²) in [5.41, 5.74) is 1.19. The Hall–Kier alpha value is -1.31. The molecular weight excluding hydrogens is 304 g/mol. The summed E-state index contributed by atoms with van der Waals surface area (Å²) in [6.45, 7) is 3.83. The molecule has 0 radical (unpaired) electrons. The van der Waals surface area contributed by atoms with Gasteiger partial charge in [0.2, 0.25) is 10.0 Å². The Bertz CT molecular complexity index is 624. The van der Waals surface area contributed by atoms with Gasteiger partial charge in [-0.3, -0.25) is 4.90 Å². The minimum absolute atomic E-state index is 0.0616. The van der Waals surface area contributed by atoms with E-state index in [4.69, 9.17) is 9.47 Å². The molecule has 0 spiro atoms. The Morgan fingerprint density at radius 3 is 2.55 bits per heavy atom. The van der Waals surface area contributed by atoms with Crippen LogP contribution in [0.25, 0.3) is 0 Å². The van der Waals surface area contributed by atoms with E-state index in [-0.39, 0.29) is 6.04 Å². The first-order chi connectivity index (χ1) is 10.5. The topological polar surface area (TPSA) is 67.9 Å². The number of rotatable bonds is 4. The molecule has 0 aromatic heterocycles. The number of sulfonamides is 1. The number of nitrogens with zero attached hydrogens (tertiary/aromatic N) is 1. The van der Waals surface area contributed by atoms with Crippen molar-refractivity contribution in [3.05, 3.63) is 23.8 Å². The summed E-state index contributed by atoms with van der Waals surface area (Å²) in [5.74, 6) is 1.63. The second-order valence-electron chi connectivity index (χ2n) is 5.92. The van der Waals surface area contributed by atoms with Gasteiger partial charge in [0.05, 0.1) is 6.26 Å². The van der Waals surface area contributed by atoms with Crippen LogP contribution in [0.1, 0.15) is 18.4 Å². The lowest BCUT2D eigenvalue weighted by molar-refractivity contribution is 0.170. The van der Waals surface area contributed by atoms with Gasteiger partial charge in [-0.05, 0) is 30.5 Å². The average Bonchev–Trinajstić information content (AvgIpc) is 2.48. The van der Waals surface area contributed by atoms with Crippen molar-refractivity contribution in [1.29, 1.82) is 0 Å². The lowest BCUT2D eigenvalue weighted by Gasteiger charge is -2.32. The molecule has 0 unspecified atom stereocenters. The number of benzene rings is 1. The molecule has 22 heavy (non-hydrogen) atoms. The zero-order chi connectivity index (χ0) is 15.6. The maximum atomic E-state index is 11.3. The summed E-state index contributed by atoms with van der Waals surface area (Å²) in [5, 5.41) is 0. The summed E-state index contributed by atoms with van der Waals surface area (Å²) in [4.78, 5) is 2.34. The number of likely N-dealkylation sites (tertiary alicyclic amines) is 1. The average molecular weight is 326 g/mol. The molecule has 2 aliphatic rings. The Balaban J connectivity index is 1.54. The maximum absolute atomic E-state index is 11.3. The molecule has 2 aliphatic heterocycles. The molecule has 1 aromatic carbocycles. The Morgan fingerprint density at radius 1 is 1.18 bits per heavy atom. The van der Waals surface area contributed by atoms with E-state index in [1.54, 1.807) is 0 Å². The quantitative estimate of drug-likeness (QED) is 0.893. The summed E-state index contributed by atoms with van der Waals surface area (Å²) < 4.78 is 36.3. The molecule has 1 saturated heterocycles. The largest absolute Gasteiger partial charge is 0.486 e. The SMILES string of the molecule is CS(=O)(=O)NC1CCN(Cc2ccc3c(c2)OCCO3)CC1. The fourth-order valence-electron chi connectivity index (χ4n) is 2.96. The van der Waals surface area contributed by atoms with E-state index in [1.165, 1.54) is 11.8 Å². The van der Waals surface area contributed by atoms with Gasteiger partial charge in [0, 0.05) is 25.7 Å². The first kappa shape index (κ1) is 15.6. The molecule has 2 heterocycles. The highest BCUT2D eigenvalue weighted by Crippen LogP contribution is 2.31. The van der Waals surface area contributed by atoms with Crippen molar-refractivity contribution in [2.24, 2.45) is 0 Å². The molecule has 1 aromatic rings. The number of hydrogen-bond acceptors (Lipinski definition) is 5. The second kappa shape index (κ2) is 6.44. The van der Waals surface area contributed by atoms with E-state index >= 15 is 0 Å². The van der Waals surface area contributed by atoms with Gasteiger partial charge >= 0.3 is 0 Å². The number of piperidine rings is 1. The van der Waals surface area contributed by atoms with Gasteiger partial charge in [-0.2, -0.15) is 0 Å². The van der Waals surface area contributed by atoms with Crippen molar-refractivity contribution in [3.8, 4) is 11.5 Å². The summed E-state index contributed by atoms with van der Waals surface area (Å²) in [6.07, 6.45) is 2.91. The van der Waals surface area contributed by atoms with Crippen LogP contribution in [0, 0.1) is 0 Å². The van der Waals surface area contributed by atoms with Gasteiger partial charge in [-0.25, -0.2) is 13.1 Å². The van der Waals surface area contributed by atoms with Crippen LogP contribution in [0.3, 0.4) is 0 Å². The van der Waals surface area contributed by atoms with Crippen molar-refractivity contribution in [2.75, 3.05) is 32.6 Å². The van der Waals surface area contributed by atoms with Gasteiger partial charge in [0.25, 0.3) is 0 Å². The fraction of sp³-hybridized carbons (Fsp3) is 0.600. The summed E-state index contributed by atoms with van der Waals surface area (Å²) in [7, 11) is -3.11. The highest BCUT2D eigenvalue weighted by Gasteiger charge is 2.22. The van der Waals surface area contributed by atoms with Crippen LogP contribution in [0.4, 0.5) is 0 Å². The van der Waals surface area contributed by atoms with Crippen LogP contribution >= 0.6 is 0 Å². The van der Waals surface area contributed by atoms with Crippen LogP contribution in [-0.4, -0.2) is 51.9 Å². The summed E-state index contributed by atoms with van der Waals surface area (Å²) in [6, 6.07) is 6.12. The van der Waals surface area contributed by atoms with Crippen molar-refractivity contribution >= 4 is 10.0 Å². The molecule has 1 fully saturated rings. The molecule has 7 heteroatoms. The summed E-state index contributed by atoms with van der Waals surface area (Å²) >= 11 is 0. The number of nitrogens with one attached hydrogen (secondary N) is 1. The molecular formula is C15H22N2O4S. The van der Waals surface area contributed by atoms with Crippen molar-refractivity contribution < 1.29 is 17.9 Å². The van der Waals surface area contributed by atoms with Gasteiger partial charge in [0.15, 0.2) is 11.5 Å². The lowest BCUT2D eigenvalue weighted by Crippen LogP contribution is -2.43.